The smallest absolute Gasteiger partial charge is 0.105 e. The van der Waals surface area contributed by atoms with E-state index in [1.54, 1.807) is 23.9 Å². The lowest BCUT2D eigenvalue weighted by Crippen LogP contribution is -1.87. The summed E-state index contributed by atoms with van der Waals surface area (Å²) < 4.78 is -0.220. The van der Waals surface area contributed by atoms with Gasteiger partial charge in [-0.2, -0.15) is 0 Å². The van der Waals surface area contributed by atoms with Crippen molar-refractivity contribution in [3.63, 3.8) is 0 Å². The van der Waals surface area contributed by atoms with Crippen LogP contribution in [0.1, 0.15) is 10.3 Å². The van der Waals surface area contributed by atoms with Crippen molar-refractivity contribution in [2.75, 3.05) is 0 Å². The van der Waals surface area contributed by atoms with Crippen LogP contribution < -0.4 is 0 Å². The zero-order valence-corrected chi connectivity index (χ0v) is 11.8. The molecule has 0 amide bonds. The molecule has 1 unspecified atom stereocenters. The second kappa shape index (κ2) is 6.01. The van der Waals surface area contributed by atoms with Gasteiger partial charge < -0.3 is 0 Å². The summed E-state index contributed by atoms with van der Waals surface area (Å²) in [5.41, 5.74) is 0.881. The van der Waals surface area contributed by atoms with Crippen LogP contribution >= 0.6 is 46.6 Å². The average molecular weight is 304 g/mol. The van der Waals surface area contributed by atoms with E-state index in [1.165, 1.54) is 0 Å². The van der Waals surface area contributed by atoms with Crippen LogP contribution in [0.4, 0.5) is 0 Å². The van der Waals surface area contributed by atoms with Crippen molar-refractivity contribution < 1.29 is 0 Å². The Labute approximate surface area is 120 Å². The minimum atomic E-state index is -0.220. The largest absolute Gasteiger partial charge is 0.110 e. The Kier molecular flexibility index (Phi) is 4.63. The lowest BCUT2D eigenvalue weighted by molar-refractivity contribution is 1.34. The van der Waals surface area contributed by atoms with Crippen molar-refractivity contribution in [2.45, 2.75) is 9.60 Å². The van der Waals surface area contributed by atoms with Crippen molar-refractivity contribution in [3.05, 3.63) is 64.1 Å². The minimum Gasteiger partial charge on any atom is -0.105 e. The summed E-state index contributed by atoms with van der Waals surface area (Å²) in [6.07, 6.45) is 0. The van der Waals surface area contributed by atoms with Gasteiger partial charge in [-0.1, -0.05) is 47.5 Å². The van der Waals surface area contributed by atoms with Gasteiger partial charge in [-0.3, -0.25) is 0 Å². The Balaban J connectivity index is 2.17. The third kappa shape index (κ3) is 3.56. The van der Waals surface area contributed by atoms with Gasteiger partial charge in [-0.15, -0.1) is 23.4 Å². The molecule has 0 fully saturated rings. The molecule has 0 spiro atoms. The van der Waals surface area contributed by atoms with E-state index in [9.17, 15) is 0 Å². The van der Waals surface area contributed by atoms with Gasteiger partial charge in [-0.25, -0.2) is 0 Å². The van der Waals surface area contributed by atoms with Crippen molar-refractivity contribution in [1.82, 2.24) is 0 Å². The maximum absolute atomic E-state index is 6.33. The number of hydrogen-bond donors (Lipinski definition) is 0. The highest BCUT2D eigenvalue weighted by Gasteiger charge is 2.13. The lowest BCUT2D eigenvalue weighted by Gasteiger charge is -2.11. The monoisotopic (exact) mass is 302 g/mol. The van der Waals surface area contributed by atoms with Crippen LogP contribution in [0, 0.1) is 0 Å². The third-order valence-corrected chi connectivity index (χ3v) is 4.26. The van der Waals surface area contributed by atoms with Crippen molar-refractivity contribution >= 4 is 46.6 Å². The summed E-state index contributed by atoms with van der Waals surface area (Å²) in [5.74, 6) is 0. The van der Waals surface area contributed by atoms with E-state index < -0.39 is 0 Å². The highest BCUT2D eigenvalue weighted by atomic mass is 35.5. The van der Waals surface area contributed by atoms with Gasteiger partial charge in [0.1, 0.15) is 4.71 Å². The quantitative estimate of drug-likeness (QED) is 0.493. The lowest BCUT2D eigenvalue weighted by atomic mass is 10.2. The Morgan fingerprint density at radius 2 is 1.65 bits per heavy atom. The van der Waals surface area contributed by atoms with E-state index in [2.05, 4.69) is 0 Å². The summed E-state index contributed by atoms with van der Waals surface area (Å²) in [6, 6.07) is 15.3. The molecule has 17 heavy (non-hydrogen) atoms. The van der Waals surface area contributed by atoms with Crippen LogP contribution in [-0.2, 0) is 0 Å². The van der Waals surface area contributed by atoms with Gasteiger partial charge in [0, 0.05) is 14.9 Å². The van der Waals surface area contributed by atoms with E-state index in [4.69, 9.17) is 34.8 Å². The van der Waals surface area contributed by atoms with Crippen LogP contribution in [0.15, 0.2) is 53.4 Å². The standard InChI is InChI=1S/C13H9Cl3S/c14-9-6-7-11(12(15)8-9)13(16)17-10-4-2-1-3-5-10/h1-8,13H. The van der Waals surface area contributed by atoms with Crippen molar-refractivity contribution in [2.24, 2.45) is 0 Å². The Morgan fingerprint density at radius 1 is 0.941 bits per heavy atom. The number of alkyl halides is 1. The zero-order chi connectivity index (χ0) is 12.3. The normalized spacial score (nSPS) is 12.4. The Bertz CT molecular complexity index is 499. The van der Waals surface area contributed by atoms with E-state index in [0.717, 1.165) is 10.5 Å². The van der Waals surface area contributed by atoms with Crippen molar-refractivity contribution in [1.29, 1.82) is 0 Å². The molecule has 0 aliphatic heterocycles. The van der Waals surface area contributed by atoms with Crippen LogP contribution in [-0.4, -0.2) is 0 Å². The molecule has 0 nitrogen and oxygen atoms in total. The van der Waals surface area contributed by atoms with Gasteiger partial charge in [-0.05, 0) is 29.8 Å². The average Bonchev–Trinajstić information content (AvgIpc) is 2.30. The summed E-state index contributed by atoms with van der Waals surface area (Å²) >= 11 is 19.8. The first-order valence-corrected chi connectivity index (χ1v) is 7.05. The molecular formula is C13H9Cl3S. The van der Waals surface area contributed by atoms with Crippen LogP contribution in [0.2, 0.25) is 10.0 Å². The first kappa shape index (κ1) is 13.1. The fraction of sp³-hybridized carbons (Fsp3) is 0.0769. The molecule has 2 aromatic carbocycles. The minimum absolute atomic E-state index is 0.220. The second-order valence-corrected chi connectivity index (χ2v) is 6.13. The van der Waals surface area contributed by atoms with Crippen LogP contribution in [0.5, 0.6) is 0 Å². The molecule has 0 saturated heterocycles. The third-order valence-electron chi connectivity index (χ3n) is 2.19. The van der Waals surface area contributed by atoms with E-state index in [-0.39, 0.29) is 4.71 Å². The predicted octanol–water partition coefficient (Wildman–Crippen LogP) is 6.02. The fourth-order valence-corrected chi connectivity index (χ4v) is 3.39. The van der Waals surface area contributed by atoms with Crippen molar-refractivity contribution in [3.8, 4) is 0 Å². The number of rotatable bonds is 3. The zero-order valence-electron chi connectivity index (χ0n) is 8.74. The Morgan fingerprint density at radius 3 is 2.29 bits per heavy atom. The molecule has 0 aliphatic rings. The molecule has 0 aliphatic carbocycles. The number of thioether (sulfide) groups is 1. The summed E-state index contributed by atoms with van der Waals surface area (Å²) in [5, 5.41) is 1.22. The van der Waals surface area contributed by atoms with E-state index >= 15 is 0 Å². The van der Waals surface area contributed by atoms with Gasteiger partial charge >= 0.3 is 0 Å². The topological polar surface area (TPSA) is 0 Å². The van der Waals surface area contributed by atoms with Crippen LogP contribution in [0.25, 0.3) is 0 Å². The fourth-order valence-electron chi connectivity index (χ4n) is 1.37. The molecule has 1 atom stereocenters. The maximum Gasteiger partial charge on any atom is 0.110 e. The predicted molar refractivity (Wildman–Crippen MR) is 77.4 cm³/mol. The highest BCUT2D eigenvalue weighted by Crippen LogP contribution is 2.41. The molecule has 2 rings (SSSR count). The summed E-state index contributed by atoms with van der Waals surface area (Å²) in [6.45, 7) is 0. The molecule has 4 heteroatoms. The molecule has 0 aromatic heterocycles. The maximum atomic E-state index is 6.33. The first-order valence-electron chi connectivity index (χ1n) is 4.97. The molecule has 0 saturated carbocycles. The summed E-state index contributed by atoms with van der Waals surface area (Å²) in [4.78, 5) is 1.11. The number of halogens is 3. The molecule has 0 bridgehead atoms. The van der Waals surface area contributed by atoms with Gasteiger partial charge in [0.2, 0.25) is 0 Å². The Hall–Kier alpha value is -0.340. The molecule has 0 radical (unpaired) electrons. The SMILES string of the molecule is Clc1ccc(C(Cl)Sc2ccccc2)c(Cl)c1. The van der Waals surface area contributed by atoms with E-state index in [0.29, 0.717) is 10.0 Å². The first-order chi connectivity index (χ1) is 8.16. The summed E-state index contributed by atoms with van der Waals surface area (Å²) in [7, 11) is 0. The van der Waals surface area contributed by atoms with Gasteiger partial charge in [0.05, 0.1) is 0 Å². The number of benzene rings is 2. The molecular weight excluding hydrogens is 295 g/mol. The van der Waals surface area contributed by atoms with E-state index in [1.807, 2.05) is 36.4 Å². The molecule has 88 valence electrons. The van der Waals surface area contributed by atoms with Gasteiger partial charge in [0.25, 0.3) is 0 Å². The van der Waals surface area contributed by atoms with Crippen LogP contribution in [0.3, 0.4) is 0 Å². The van der Waals surface area contributed by atoms with Gasteiger partial charge in [0.15, 0.2) is 0 Å². The number of hydrogen-bond acceptors (Lipinski definition) is 1. The second-order valence-electron chi connectivity index (χ2n) is 3.41. The molecule has 2 aromatic rings. The molecule has 0 N–H and O–H groups in total. The highest BCUT2D eigenvalue weighted by molar-refractivity contribution is 8.00. The molecule has 0 heterocycles.